The second-order valence-corrected chi connectivity index (χ2v) is 5.25. The van der Waals surface area contributed by atoms with Gasteiger partial charge in [0, 0.05) is 11.1 Å². The number of benzene rings is 1. The second kappa shape index (κ2) is 6.25. The molecule has 1 aromatic rings. The number of rotatable bonds is 2. The predicted octanol–water partition coefficient (Wildman–Crippen LogP) is 5.00. The SMILES string of the molecule is Fc1cc(Cl)ccc1NC1CCCCCCC1. The summed E-state index contributed by atoms with van der Waals surface area (Å²) in [6, 6.07) is 5.24. The standard InChI is InChI=1S/C14H19ClFN/c15-11-8-9-14(13(16)10-11)17-12-6-4-2-1-3-5-7-12/h8-10,12,17H,1-7H2. The highest BCUT2D eigenvalue weighted by Gasteiger charge is 2.12. The molecule has 3 heteroatoms. The van der Waals surface area contributed by atoms with Crippen LogP contribution < -0.4 is 5.32 Å². The van der Waals surface area contributed by atoms with E-state index in [9.17, 15) is 4.39 Å². The molecular formula is C14H19ClFN. The first-order valence-electron chi connectivity index (χ1n) is 6.47. The molecule has 0 unspecified atom stereocenters. The van der Waals surface area contributed by atoms with Gasteiger partial charge in [-0.15, -0.1) is 0 Å². The second-order valence-electron chi connectivity index (χ2n) is 4.81. The van der Waals surface area contributed by atoms with Crippen molar-refractivity contribution in [3.05, 3.63) is 29.0 Å². The lowest BCUT2D eigenvalue weighted by Gasteiger charge is -2.22. The normalized spacial score (nSPS) is 18.5. The Morgan fingerprint density at radius 3 is 2.35 bits per heavy atom. The van der Waals surface area contributed by atoms with Gasteiger partial charge in [0.25, 0.3) is 0 Å². The van der Waals surface area contributed by atoms with Crippen LogP contribution in [0, 0.1) is 5.82 Å². The van der Waals surface area contributed by atoms with Gasteiger partial charge in [0.15, 0.2) is 0 Å². The first kappa shape index (κ1) is 12.7. The third-order valence-corrected chi connectivity index (χ3v) is 3.63. The highest BCUT2D eigenvalue weighted by molar-refractivity contribution is 6.30. The maximum atomic E-state index is 13.6. The Hall–Kier alpha value is -0.760. The first-order chi connectivity index (χ1) is 8.25. The minimum Gasteiger partial charge on any atom is -0.380 e. The molecule has 0 radical (unpaired) electrons. The summed E-state index contributed by atoms with van der Waals surface area (Å²) < 4.78 is 13.6. The van der Waals surface area contributed by atoms with Crippen molar-refractivity contribution in [2.24, 2.45) is 0 Å². The highest BCUT2D eigenvalue weighted by Crippen LogP contribution is 2.24. The molecular weight excluding hydrogens is 237 g/mol. The molecule has 0 heterocycles. The molecule has 0 atom stereocenters. The Balaban J connectivity index is 1.98. The van der Waals surface area contributed by atoms with E-state index in [2.05, 4.69) is 5.32 Å². The zero-order valence-electron chi connectivity index (χ0n) is 10.0. The molecule has 17 heavy (non-hydrogen) atoms. The van der Waals surface area contributed by atoms with Crippen LogP contribution >= 0.6 is 11.6 Å². The number of nitrogens with one attached hydrogen (secondary N) is 1. The maximum Gasteiger partial charge on any atom is 0.147 e. The van der Waals surface area contributed by atoms with E-state index in [-0.39, 0.29) is 5.82 Å². The molecule has 1 aromatic carbocycles. The van der Waals surface area contributed by atoms with Gasteiger partial charge < -0.3 is 5.32 Å². The van der Waals surface area contributed by atoms with E-state index in [1.807, 2.05) is 0 Å². The van der Waals surface area contributed by atoms with Gasteiger partial charge in [-0.1, -0.05) is 43.7 Å². The lowest BCUT2D eigenvalue weighted by atomic mass is 9.96. The van der Waals surface area contributed by atoms with E-state index >= 15 is 0 Å². The molecule has 0 aromatic heterocycles. The third kappa shape index (κ3) is 3.88. The Kier molecular flexibility index (Phi) is 4.66. The van der Waals surface area contributed by atoms with Crippen molar-refractivity contribution in [2.75, 3.05) is 5.32 Å². The van der Waals surface area contributed by atoms with Gasteiger partial charge in [-0.25, -0.2) is 4.39 Å². The Bertz CT molecular complexity index is 359. The van der Waals surface area contributed by atoms with E-state index in [1.54, 1.807) is 12.1 Å². The summed E-state index contributed by atoms with van der Waals surface area (Å²) in [5.41, 5.74) is 0.583. The van der Waals surface area contributed by atoms with Crippen LogP contribution in [0.5, 0.6) is 0 Å². The van der Waals surface area contributed by atoms with Crippen molar-refractivity contribution in [1.29, 1.82) is 0 Å². The van der Waals surface area contributed by atoms with Crippen LogP contribution in [0.4, 0.5) is 10.1 Å². The van der Waals surface area contributed by atoms with Gasteiger partial charge in [-0.2, -0.15) is 0 Å². The lowest BCUT2D eigenvalue weighted by molar-refractivity contribution is 0.469. The van der Waals surface area contributed by atoms with Crippen molar-refractivity contribution in [1.82, 2.24) is 0 Å². The third-order valence-electron chi connectivity index (χ3n) is 3.40. The summed E-state index contributed by atoms with van der Waals surface area (Å²) >= 11 is 5.74. The molecule has 1 aliphatic carbocycles. The van der Waals surface area contributed by atoms with Crippen LogP contribution in [-0.4, -0.2) is 6.04 Å². The molecule has 1 aliphatic rings. The summed E-state index contributed by atoms with van der Waals surface area (Å²) in [6.45, 7) is 0. The fourth-order valence-corrected chi connectivity index (χ4v) is 2.59. The average Bonchev–Trinajstić information content (AvgIpc) is 2.25. The first-order valence-corrected chi connectivity index (χ1v) is 6.85. The Morgan fingerprint density at radius 2 is 1.71 bits per heavy atom. The molecule has 0 aliphatic heterocycles. The van der Waals surface area contributed by atoms with Gasteiger partial charge in [0.05, 0.1) is 5.69 Å². The summed E-state index contributed by atoms with van der Waals surface area (Å²) in [6.07, 6.45) is 8.73. The molecule has 1 N–H and O–H groups in total. The van der Waals surface area contributed by atoms with E-state index in [1.165, 1.54) is 38.2 Å². The summed E-state index contributed by atoms with van der Waals surface area (Å²) in [5, 5.41) is 3.76. The maximum absolute atomic E-state index is 13.6. The molecule has 1 nitrogen and oxygen atoms in total. The molecule has 2 rings (SSSR count). The van der Waals surface area contributed by atoms with Crippen LogP contribution in [0.1, 0.15) is 44.9 Å². The van der Waals surface area contributed by atoms with E-state index in [4.69, 9.17) is 11.6 Å². The number of anilines is 1. The molecule has 0 spiro atoms. The largest absolute Gasteiger partial charge is 0.380 e. The Morgan fingerprint density at radius 1 is 1.06 bits per heavy atom. The van der Waals surface area contributed by atoms with Gasteiger partial charge in [-0.05, 0) is 31.0 Å². The molecule has 0 saturated heterocycles. The van der Waals surface area contributed by atoms with E-state index in [0.717, 1.165) is 12.8 Å². The summed E-state index contributed by atoms with van der Waals surface area (Å²) in [5.74, 6) is -0.250. The number of hydrogen-bond acceptors (Lipinski definition) is 1. The monoisotopic (exact) mass is 255 g/mol. The Labute approximate surface area is 107 Å². The zero-order chi connectivity index (χ0) is 12.1. The average molecular weight is 256 g/mol. The summed E-state index contributed by atoms with van der Waals surface area (Å²) in [4.78, 5) is 0. The number of hydrogen-bond donors (Lipinski definition) is 1. The van der Waals surface area contributed by atoms with Gasteiger partial charge in [0.2, 0.25) is 0 Å². The van der Waals surface area contributed by atoms with Crippen LogP contribution in [0.15, 0.2) is 18.2 Å². The smallest absolute Gasteiger partial charge is 0.147 e. The summed E-state index contributed by atoms with van der Waals surface area (Å²) in [7, 11) is 0. The lowest BCUT2D eigenvalue weighted by Crippen LogP contribution is -2.21. The van der Waals surface area contributed by atoms with Crippen LogP contribution in [-0.2, 0) is 0 Å². The predicted molar refractivity (Wildman–Crippen MR) is 71.1 cm³/mol. The van der Waals surface area contributed by atoms with E-state index in [0.29, 0.717) is 16.8 Å². The molecule has 0 bridgehead atoms. The van der Waals surface area contributed by atoms with E-state index < -0.39 is 0 Å². The molecule has 0 amide bonds. The van der Waals surface area contributed by atoms with Gasteiger partial charge in [0.1, 0.15) is 5.82 Å². The van der Waals surface area contributed by atoms with Crippen LogP contribution in [0.25, 0.3) is 0 Å². The zero-order valence-corrected chi connectivity index (χ0v) is 10.8. The fraction of sp³-hybridized carbons (Fsp3) is 0.571. The van der Waals surface area contributed by atoms with Crippen molar-refractivity contribution in [3.63, 3.8) is 0 Å². The molecule has 1 saturated carbocycles. The van der Waals surface area contributed by atoms with Crippen molar-refractivity contribution >= 4 is 17.3 Å². The molecule has 94 valence electrons. The minimum absolute atomic E-state index is 0.250. The van der Waals surface area contributed by atoms with Crippen LogP contribution in [0.2, 0.25) is 5.02 Å². The van der Waals surface area contributed by atoms with Crippen molar-refractivity contribution in [2.45, 2.75) is 51.0 Å². The topological polar surface area (TPSA) is 12.0 Å². The van der Waals surface area contributed by atoms with Gasteiger partial charge >= 0.3 is 0 Å². The fourth-order valence-electron chi connectivity index (χ4n) is 2.43. The van der Waals surface area contributed by atoms with Crippen molar-refractivity contribution in [3.8, 4) is 0 Å². The van der Waals surface area contributed by atoms with Crippen molar-refractivity contribution < 1.29 is 4.39 Å². The molecule has 1 fully saturated rings. The quantitative estimate of drug-likeness (QED) is 0.784. The highest BCUT2D eigenvalue weighted by atomic mass is 35.5. The van der Waals surface area contributed by atoms with Gasteiger partial charge in [-0.3, -0.25) is 0 Å². The van der Waals surface area contributed by atoms with Crippen LogP contribution in [0.3, 0.4) is 0 Å². The minimum atomic E-state index is -0.250. The number of halogens is 2.